The fraction of sp³-hybridized carbons (Fsp3) is 0.528. The summed E-state index contributed by atoms with van der Waals surface area (Å²) in [6, 6.07) is 7.51. The Morgan fingerprint density at radius 1 is 1.10 bits per heavy atom. The number of thioether (sulfide) groups is 1. The van der Waals surface area contributed by atoms with Crippen molar-refractivity contribution in [1.29, 1.82) is 0 Å². The third-order valence-corrected chi connectivity index (χ3v) is 10.6. The van der Waals surface area contributed by atoms with Crippen LogP contribution < -0.4 is 25.2 Å². The Morgan fingerprint density at radius 3 is 2.40 bits per heavy atom. The largest absolute Gasteiger partial charge is 0.448 e. The van der Waals surface area contributed by atoms with Crippen molar-refractivity contribution in [3.8, 4) is 22.6 Å². The van der Waals surface area contributed by atoms with Crippen molar-refractivity contribution in [2.75, 3.05) is 43.9 Å². The van der Waals surface area contributed by atoms with Crippen molar-refractivity contribution in [3.63, 3.8) is 0 Å². The van der Waals surface area contributed by atoms with Crippen LogP contribution in [0, 0.1) is 19.8 Å². The Hall–Kier alpha value is -3.75. The van der Waals surface area contributed by atoms with Gasteiger partial charge < -0.3 is 29.4 Å². The predicted octanol–water partition coefficient (Wildman–Crippen LogP) is 6.08. The topological polar surface area (TPSA) is 109 Å². The van der Waals surface area contributed by atoms with Gasteiger partial charge in [-0.15, -0.1) is 11.8 Å². The Morgan fingerprint density at radius 2 is 1.78 bits per heavy atom. The highest BCUT2D eigenvalue weighted by molar-refractivity contribution is 7.98. The smallest absolute Gasteiger partial charge is 0.401 e. The zero-order valence-corrected chi connectivity index (χ0v) is 30.0. The molecule has 2 N–H and O–H groups in total. The van der Waals surface area contributed by atoms with E-state index in [2.05, 4.69) is 15.2 Å². The lowest BCUT2D eigenvalue weighted by atomic mass is 9.89. The predicted molar refractivity (Wildman–Crippen MR) is 186 cm³/mol. The molecule has 6 rings (SSSR count). The maximum absolute atomic E-state index is 13.9. The number of morpholine rings is 1. The number of halogens is 3. The fourth-order valence-electron chi connectivity index (χ4n) is 7.27. The number of amides is 1. The highest BCUT2D eigenvalue weighted by Crippen LogP contribution is 2.52. The minimum atomic E-state index is -4.26. The number of nitrogens with one attached hydrogen (secondary N) is 2. The van der Waals surface area contributed by atoms with Crippen LogP contribution in [0.5, 0.6) is 11.5 Å². The highest BCUT2D eigenvalue weighted by atomic mass is 32.2. The van der Waals surface area contributed by atoms with Crippen LogP contribution in [0.4, 0.5) is 19.0 Å². The summed E-state index contributed by atoms with van der Waals surface area (Å²) in [5, 5.41) is 2.93. The zero-order valence-electron chi connectivity index (χ0n) is 29.2. The maximum atomic E-state index is 13.9. The molecule has 0 bridgehead atoms. The van der Waals surface area contributed by atoms with Gasteiger partial charge in [0, 0.05) is 77.1 Å². The second kappa shape index (κ2) is 14.1. The van der Waals surface area contributed by atoms with Crippen molar-refractivity contribution >= 4 is 23.5 Å². The van der Waals surface area contributed by atoms with Gasteiger partial charge in [-0.05, 0) is 84.1 Å². The minimum Gasteiger partial charge on any atom is -0.448 e. The number of rotatable bonds is 8. The first-order valence-electron chi connectivity index (χ1n) is 16.9. The maximum Gasteiger partial charge on any atom is 0.401 e. The average molecular weight is 716 g/mol. The van der Waals surface area contributed by atoms with Crippen molar-refractivity contribution in [2.45, 2.75) is 83.1 Å². The molecule has 5 heterocycles. The molecule has 50 heavy (non-hydrogen) atoms. The number of aryl methyl sites for hydroxylation is 1. The molecule has 1 aromatic carbocycles. The van der Waals surface area contributed by atoms with Gasteiger partial charge in [0.2, 0.25) is 0 Å². The lowest BCUT2D eigenvalue weighted by molar-refractivity contribution is -0.159. The van der Waals surface area contributed by atoms with Gasteiger partial charge in [0.1, 0.15) is 5.82 Å². The molecule has 1 amide bonds. The summed E-state index contributed by atoms with van der Waals surface area (Å²) in [6.07, 6.45) is 0.403. The van der Waals surface area contributed by atoms with Crippen molar-refractivity contribution < 1.29 is 32.2 Å². The molecule has 0 aliphatic carbocycles. The van der Waals surface area contributed by atoms with E-state index in [9.17, 15) is 22.8 Å². The molecule has 0 unspecified atom stereocenters. The quantitative estimate of drug-likeness (QED) is 0.269. The van der Waals surface area contributed by atoms with Crippen LogP contribution in [0.3, 0.4) is 0 Å². The minimum absolute atomic E-state index is 0.0225. The average Bonchev–Trinajstić information content (AvgIpc) is 3.42. The normalized spacial score (nSPS) is 22.9. The number of alkyl halides is 3. The number of H-pyrrole nitrogens is 1. The van der Waals surface area contributed by atoms with E-state index in [1.807, 2.05) is 52.1 Å². The summed E-state index contributed by atoms with van der Waals surface area (Å²) in [5.41, 5.74) is 3.16. The van der Waals surface area contributed by atoms with E-state index in [0.717, 1.165) is 16.4 Å². The molecular weight excluding hydrogens is 671 g/mol. The first-order valence-corrected chi connectivity index (χ1v) is 18.1. The molecule has 3 aliphatic heterocycles. The van der Waals surface area contributed by atoms with Gasteiger partial charge in [-0.1, -0.05) is 0 Å². The Balaban J connectivity index is 1.32. The number of hydrogen-bond acceptors (Lipinski definition) is 9. The highest BCUT2D eigenvalue weighted by Gasteiger charge is 2.48. The number of aromatic nitrogens is 2. The second-order valence-corrected chi connectivity index (χ2v) is 14.6. The summed E-state index contributed by atoms with van der Waals surface area (Å²) >= 11 is 1.43. The summed E-state index contributed by atoms with van der Waals surface area (Å²) in [6.45, 7) is 10.5. The zero-order chi connectivity index (χ0) is 36.0. The van der Waals surface area contributed by atoms with E-state index in [-0.39, 0.29) is 43.3 Å². The molecule has 270 valence electrons. The first kappa shape index (κ1) is 36.1. The number of benzene rings is 1. The van der Waals surface area contributed by atoms with Crippen LogP contribution in [0.2, 0.25) is 0 Å². The number of nitrogens with zero attached hydrogens (tertiary/aromatic N) is 3. The summed E-state index contributed by atoms with van der Waals surface area (Å²) in [5.74, 6) is -0.0622. The molecule has 2 saturated heterocycles. The summed E-state index contributed by atoms with van der Waals surface area (Å²) in [4.78, 5) is 38.6. The molecule has 0 saturated carbocycles. The Kier molecular flexibility index (Phi) is 10.2. The van der Waals surface area contributed by atoms with E-state index < -0.39 is 24.4 Å². The molecular formula is C36H44F3N5O5S. The van der Waals surface area contributed by atoms with Crippen molar-refractivity contribution in [2.24, 2.45) is 5.92 Å². The van der Waals surface area contributed by atoms with Gasteiger partial charge >= 0.3 is 6.18 Å². The van der Waals surface area contributed by atoms with E-state index in [0.29, 0.717) is 65.2 Å². The molecule has 0 spiro atoms. The summed E-state index contributed by atoms with van der Waals surface area (Å²) < 4.78 is 58.3. The van der Waals surface area contributed by atoms with Crippen molar-refractivity contribution in [3.05, 3.63) is 63.2 Å². The van der Waals surface area contributed by atoms with E-state index >= 15 is 0 Å². The lowest BCUT2D eigenvalue weighted by Crippen LogP contribution is -2.49. The van der Waals surface area contributed by atoms with Crippen LogP contribution in [-0.2, 0) is 11.3 Å². The standard InChI is InChI=1S/C36H44F3N5O5S/c1-20-13-29(50-6)28(34(46)42-20)16-41-33(45)26-14-27(24-7-8-30(40-15-24)44-17-21(2)47-22(3)18-44)32-31(23(26)4)48-35(5,49-32)25-9-11-43(12-10-25)19-36(37,38)39/h7-8,13-15,21-22,25H,9-12,16-19H2,1-6H3,(H,41,45)(H,42,46)/t21-,22+,35-/m0/s1. The molecule has 10 nitrogen and oxygen atoms in total. The third kappa shape index (κ3) is 7.62. The monoisotopic (exact) mass is 715 g/mol. The van der Waals surface area contributed by atoms with Gasteiger partial charge in [-0.3, -0.25) is 14.5 Å². The van der Waals surface area contributed by atoms with Crippen LogP contribution >= 0.6 is 11.8 Å². The van der Waals surface area contributed by atoms with Crippen LogP contribution in [0.25, 0.3) is 11.1 Å². The Labute approximate surface area is 294 Å². The molecule has 3 atom stereocenters. The number of hydrogen-bond donors (Lipinski definition) is 2. The van der Waals surface area contributed by atoms with Gasteiger partial charge in [-0.25, -0.2) is 4.98 Å². The number of carbonyl (C=O) groups excluding carboxylic acids is 1. The second-order valence-electron chi connectivity index (χ2n) is 13.7. The number of aromatic amines is 1. The number of fused-ring (bicyclic) bond motifs is 1. The van der Waals surface area contributed by atoms with Crippen LogP contribution in [-0.4, -0.2) is 83.9 Å². The molecule has 14 heteroatoms. The van der Waals surface area contributed by atoms with Gasteiger partial charge in [0.15, 0.2) is 11.5 Å². The number of pyridine rings is 2. The number of carbonyl (C=O) groups is 1. The SMILES string of the molecule is CSc1cc(C)[nH]c(=O)c1CNC(=O)c1cc(-c2ccc(N3C[C@@H](C)O[C@@H](C)C3)nc2)c2c(c1C)O[C@](C)(C1CCN(CC(F)(F)F)CC1)O2. The number of anilines is 1. The van der Waals surface area contributed by atoms with Crippen molar-refractivity contribution in [1.82, 2.24) is 20.2 Å². The van der Waals surface area contributed by atoms with Gasteiger partial charge in [-0.2, -0.15) is 13.2 Å². The van der Waals surface area contributed by atoms with E-state index in [4.69, 9.17) is 19.2 Å². The molecule has 3 aromatic rings. The summed E-state index contributed by atoms with van der Waals surface area (Å²) in [7, 11) is 0. The van der Waals surface area contributed by atoms with Gasteiger partial charge in [0.25, 0.3) is 17.3 Å². The fourth-order valence-corrected chi connectivity index (χ4v) is 7.97. The molecule has 0 radical (unpaired) electrons. The Bertz CT molecular complexity index is 1780. The lowest BCUT2D eigenvalue weighted by Gasteiger charge is -2.39. The van der Waals surface area contributed by atoms with E-state index in [1.165, 1.54) is 16.7 Å². The number of ether oxygens (including phenoxy) is 3. The first-order chi connectivity index (χ1) is 23.6. The van der Waals surface area contributed by atoms with Crippen LogP contribution in [0.15, 0.2) is 40.2 Å². The van der Waals surface area contributed by atoms with E-state index in [1.54, 1.807) is 19.2 Å². The molecule has 2 fully saturated rings. The molecule has 3 aliphatic rings. The van der Waals surface area contributed by atoms with Gasteiger partial charge in [0.05, 0.1) is 18.8 Å². The third-order valence-electron chi connectivity index (χ3n) is 9.75. The number of likely N-dealkylation sites (tertiary alicyclic amines) is 1. The number of piperidine rings is 1. The van der Waals surface area contributed by atoms with Crippen LogP contribution in [0.1, 0.15) is 60.8 Å². The molecule has 2 aromatic heterocycles.